The molecule has 0 aliphatic carbocycles. The summed E-state index contributed by atoms with van der Waals surface area (Å²) in [5.41, 5.74) is -0.271. The number of nitrogens with one attached hydrogen (secondary N) is 2. The van der Waals surface area contributed by atoms with Crippen LogP contribution in [0.25, 0.3) is 0 Å². The van der Waals surface area contributed by atoms with E-state index in [4.69, 9.17) is 17.0 Å². The summed E-state index contributed by atoms with van der Waals surface area (Å²) in [4.78, 5) is 16.4. The number of carbonyl (C=O) groups excluding carboxylic acids is 1. The Bertz CT molecular complexity index is 1200. The van der Waals surface area contributed by atoms with Crippen LogP contribution in [-0.2, 0) is 16.9 Å². The van der Waals surface area contributed by atoms with Gasteiger partial charge in [0.1, 0.15) is 41.2 Å². The van der Waals surface area contributed by atoms with Crippen molar-refractivity contribution in [1.29, 1.82) is 0 Å². The van der Waals surface area contributed by atoms with Crippen LogP contribution in [0.3, 0.4) is 0 Å². The van der Waals surface area contributed by atoms with E-state index < -0.39 is 35.5 Å². The highest BCUT2D eigenvalue weighted by Gasteiger charge is 2.37. The maximum absolute atomic E-state index is 14.8. The van der Waals surface area contributed by atoms with E-state index in [9.17, 15) is 23.8 Å². The molecule has 13 heteroatoms. The van der Waals surface area contributed by atoms with Crippen LogP contribution in [-0.4, -0.2) is 53.3 Å². The molecule has 192 valence electrons. The van der Waals surface area contributed by atoms with Gasteiger partial charge in [0.25, 0.3) is 0 Å². The van der Waals surface area contributed by atoms with Crippen LogP contribution < -0.4 is 10.7 Å². The molecule has 3 aromatic rings. The maximum atomic E-state index is 14.8. The number of thiocarbonyl (C=S) groups is 1. The molecule has 0 saturated heterocycles. The fraction of sp³-hybridized carbons (Fsp3) is 0.304. The monoisotopic (exact) mass is 520 g/mol. The second-order valence-electron chi connectivity index (χ2n) is 8.93. The Hall–Kier alpha value is -3.84. The van der Waals surface area contributed by atoms with Crippen molar-refractivity contribution in [1.82, 2.24) is 25.2 Å². The molecular formula is C23H26F2N6O4S. The van der Waals surface area contributed by atoms with Gasteiger partial charge < -0.3 is 20.3 Å². The first kappa shape index (κ1) is 26.8. The highest BCUT2D eigenvalue weighted by atomic mass is 32.1. The van der Waals surface area contributed by atoms with E-state index in [0.717, 1.165) is 17.1 Å². The number of hydrogen-bond donors (Lipinski definition) is 4. The van der Waals surface area contributed by atoms with Gasteiger partial charge in [0.2, 0.25) is 0 Å². The lowest BCUT2D eigenvalue weighted by molar-refractivity contribution is -0.0192. The molecule has 1 heterocycles. The first-order valence-corrected chi connectivity index (χ1v) is 11.1. The van der Waals surface area contributed by atoms with Gasteiger partial charge in [0, 0.05) is 17.3 Å². The number of hydrazine groups is 1. The number of rotatable bonds is 6. The Morgan fingerprint density at radius 2 is 1.89 bits per heavy atom. The van der Waals surface area contributed by atoms with Gasteiger partial charge in [0.15, 0.2) is 5.11 Å². The molecule has 0 fully saturated rings. The molecule has 1 amide bonds. The minimum absolute atomic E-state index is 0.0317. The number of aliphatic hydroxyl groups is 1. The summed E-state index contributed by atoms with van der Waals surface area (Å²) < 4.78 is 35.0. The average molecular weight is 521 g/mol. The zero-order valence-electron chi connectivity index (χ0n) is 19.8. The number of amides is 1. The molecule has 1 atom stereocenters. The van der Waals surface area contributed by atoms with Crippen molar-refractivity contribution in [3.63, 3.8) is 0 Å². The molecule has 0 spiro atoms. The van der Waals surface area contributed by atoms with Crippen molar-refractivity contribution in [3.05, 3.63) is 72.3 Å². The largest absolute Gasteiger partial charge is 0.508 e. The zero-order valence-corrected chi connectivity index (χ0v) is 20.6. The molecule has 0 bridgehead atoms. The Balaban J connectivity index is 1.97. The predicted molar refractivity (Wildman–Crippen MR) is 131 cm³/mol. The number of phenols is 1. The summed E-state index contributed by atoms with van der Waals surface area (Å²) in [6.07, 6.45) is 1.65. The number of hydrogen-bond acceptors (Lipinski definition) is 7. The van der Waals surface area contributed by atoms with Gasteiger partial charge in [-0.15, -0.1) is 0 Å². The lowest BCUT2D eigenvalue weighted by Gasteiger charge is -2.36. The maximum Gasteiger partial charge on any atom is 0.426 e. The van der Waals surface area contributed by atoms with E-state index in [1.165, 1.54) is 41.6 Å². The Kier molecular flexibility index (Phi) is 8.05. The number of carbonyl (C=O) groups is 1. The van der Waals surface area contributed by atoms with Gasteiger partial charge in [-0.05, 0) is 63.3 Å². The molecule has 0 saturated carbocycles. The molecule has 10 nitrogen and oxygen atoms in total. The third-order valence-corrected chi connectivity index (χ3v) is 5.05. The number of halogens is 2. The van der Waals surface area contributed by atoms with E-state index in [1.807, 2.05) is 0 Å². The number of anilines is 1. The summed E-state index contributed by atoms with van der Waals surface area (Å²) in [7, 11) is 0. The number of aromatic nitrogens is 3. The van der Waals surface area contributed by atoms with Crippen LogP contribution in [0.1, 0.15) is 26.3 Å². The molecule has 1 aromatic heterocycles. The van der Waals surface area contributed by atoms with Gasteiger partial charge in [-0.3, -0.25) is 5.01 Å². The normalized spacial score (nSPS) is 12.9. The number of ether oxygens (including phenoxy) is 1. The summed E-state index contributed by atoms with van der Waals surface area (Å²) in [5.74, 6) is -1.80. The molecule has 0 unspecified atom stereocenters. The zero-order chi connectivity index (χ0) is 26.5. The first-order chi connectivity index (χ1) is 16.8. The van der Waals surface area contributed by atoms with Crippen LogP contribution in [0.15, 0.2) is 55.1 Å². The molecule has 36 heavy (non-hydrogen) atoms. The molecule has 0 aliphatic heterocycles. The Labute approximate surface area is 211 Å². The van der Waals surface area contributed by atoms with Crippen molar-refractivity contribution < 1.29 is 28.5 Å². The lowest BCUT2D eigenvalue weighted by Crippen LogP contribution is -2.56. The van der Waals surface area contributed by atoms with Crippen LogP contribution in [0.5, 0.6) is 5.75 Å². The highest BCUT2D eigenvalue weighted by Crippen LogP contribution is 2.28. The smallest absolute Gasteiger partial charge is 0.426 e. The Morgan fingerprint density at radius 1 is 1.19 bits per heavy atom. The number of nitrogens with zero attached hydrogens (tertiary/aromatic N) is 4. The van der Waals surface area contributed by atoms with Crippen molar-refractivity contribution >= 4 is 29.1 Å². The van der Waals surface area contributed by atoms with E-state index >= 15 is 0 Å². The predicted octanol–water partition coefficient (Wildman–Crippen LogP) is 3.29. The quantitative estimate of drug-likeness (QED) is 0.220. The minimum Gasteiger partial charge on any atom is -0.508 e. The van der Waals surface area contributed by atoms with Gasteiger partial charge in [-0.2, -0.15) is 5.10 Å². The molecule has 0 radical (unpaired) electrons. The topological polar surface area (TPSA) is 125 Å². The van der Waals surface area contributed by atoms with Gasteiger partial charge >= 0.3 is 6.09 Å². The summed E-state index contributed by atoms with van der Waals surface area (Å²) in [6.45, 7) is 4.18. The van der Waals surface area contributed by atoms with Crippen molar-refractivity contribution in [2.24, 2.45) is 0 Å². The third-order valence-electron chi connectivity index (χ3n) is 4.73. The van der Waals surface area contributed by atoms with Gasteiger partial charge in [0.05, 0.1) is 13.1 Å². The summed E-state index contributed by atoms with van der Waals surface area (Å²) >= 11 is 5.45. The van der Waals surface area contributed by atoms with Crippen molar-refractivity contribution in [2.75, 3.05) is 11.9 Å². The van der Waals surface area contributed by atoms with Crippen molar-refractivity contribution in [2.45, 2.75) is 38.5 Å². The van der Waals surface area contributed by atoms with Crippen LogP contribution in [0, 0.1) is 11.6 Å². The van der Waals surface area contributed by atoms with Crippen LogP contribution in [0.2, 0.25) is 0 Å². The minimum atomic E-state index is -2.08. The standard InChI is InChI=1S/C23H26F2N6O4S/c1-22(2,3)35-21(33)29-31(20(36)28-16-5-7-17(32)8-6-16)12-23(34,11-30-14-26-13-27-30)18-9-4-15(24)10-19(18)25/h4-10,13-14,32,34H,11-12H2,1-3H3,(H,28,36)(H,29,33)/t23-/m1/s1. The second-order valence-corrected chi connectivity index (χ2v) is 9.31. The lowest BCUT2D eigenvalue weighted by atomic mass is 9.92. The van der Waals surface area contributed by atoms with Gasteiger partial charge in [-0.1, -0.05) is 6.07 Å². The first-order valence-electron chi connectivity index (χ1n) is 10.7. The number of benzene rings is 2. The second kappa shape index (κ2) is 10.8. The molecule has 0 aliphatic rings. The summed E-state index contributed by atoms with van der Waals surface area (Å²) in [5, 5.41) is 29.0. The number of phenolic OH excluding ortho intramolecular Hbond substituents is 1. The van der Waals surface area contributed by atoms with Crippen LogP contribution >= 0.6 is 12.2 Å². The van der Waals surface area contributed by atoms with E-state index in [-0.39, 0.29) is 23.0 Å². The van der Waals surface area contributed by atoms with E-state index in [1.54, 1.807) is 20.8 Å². The summed E-state index contributed by atoms with van der Waals surface area (Å²) in [6, 6.07) is 8.66. The average Bonchev–Trinajstić information content (AvgIpc) is 3.26. The van der Waals surface area contributed by atoms with Gasteiger partial charge in [-0.25, -0.2) is 28.7 Å². The van der Waals surface area contributed by atoms with Crippen LogP contribution in [0.4, 0.5) is 19.3 Å². The molecule has 2 aromatic carbocycles. The molecule has 3 rings (SSSR count). The fourth-order valence-electron chi connectivity index (χ4n) is 3.24. The third kappa shape index (κ3) is 7.33. The Morgan fingerprint density at radius 3 is 2.47 bits per heavy atom. The number of aromatic hydroxyl groups is 1. The van der Waals surface area contributed by atoms with E-state index in [2.05, 4.69) is 20.8 Å². The van der Waals surface area contributed by atoms with Crippen molar-refractivity contribution in [3.8, 4) is 5.75 Å². The SMILES string of the molecule is CC(C)(C)OC(=O)NN(C[C@](O)(Cn1cncn1)c1ccc(F)cc1F)C(=S)Nc1ccc(O)cc1. The van der Waals surface area contributed by atoms with E-state index in [0.29, 0.717) is 11.8 Å². The molecular weight excluding hydrogens is 494 g/mol. The highest BCUT2D eigenvalue weighted by molar-refractivity contribution is 7.80. The fourth-order valence-corrected chi connectivity index (χ4v) is 3.47. The molecule has 4 N–H and O–H groups in total.